The van der Waals surface area contributed by atoms with Gasteiger partial charge in [-0.25, -0.2) is 0 Å². The highest BCUT2D eigenvalue weighted by Gasteiger charge is 2.15. The van der Waals surface area contributed by atoms with E-state index >= 15 is 0 Å². The Kier molecular flexibility index (Phi) is 8.71. The minimum atomic E-state index is -0.0384. The zero-order valence-corrected chi connectivity index (χ0v) is 16.7. The number of amides is 1. The van der Waals surface area contributed by atoms with E-state index in [1.54, 1.807) is 6.08 Å². The lowest BCUT2D eigenvalue weighted by Gasteiger charge is -2.10. The van der Waals surface area contributed by atoms with Crippen LogP contribution in [0.15, 0.2) is 42.1 Å². The number of hydrogen-bond donors (Lipinski definition) is 1. The van der Waals surface area contributed by atoms with Crippen molar-refractivity contribution in [2.45, 2.75) is 44.3 Å². The third-order valence-electron chi connectivity index (χ3n) is 3.83. The van der Waals surface area contributed by atoms with Gasteiger partial charge in [-0.3, -0.25) is 4.79 Å². The molecule has 1 N–H and O–H groups in total. The third-order valence-corrected chi connectivity index (χ3v) is 5.05. The van der Waals surface area contributed by atoms with Gasteiger partial charge in [0.25, 0.3) is 0 Å². The van der Waals surface area contributed by atoms with Crippen LogP contribution in [0, 0.1) is 0 Å². The van der Waals surface area contributed by atoms with Gasteiger partial charge in [-0.15, -0.1) is 16.8 Å². The van der Waals surface area contributed by atoms with E-state index in [0.29, 0.717) is 17.3 Å². The van der Waals surface area contributed by atoms with E-state index in [9.17, 15) is 4.79 Å². The number of aromatic nitrogens is 3. The Labute approximate surface area is 164 Å². The first kappa shape index (κ1) is 20.5. The molecular formula is C19H25ClN4OS. The molecule has 140 valence electrons. The number of halogens is 1. The van der Waals surface area contributed by atoms with E-state index in [0.717, 1.165) is 29.5 Å². The van der Waals surface area contributed by atoms with E-state index in [2.05, 4.69) is 33.6 Å². The molecule has 0 bridgehead atoms. The normalized spacial score (nSPS) is 10.7. The molecule has 1 heterocycles. The Morgan fingerprint density at radius 3 is 2.73 bits per heavy atom. The summed E-state index contributed by atoms with van der Waals surface area (Å²) in [6.45, 7) is 7.10. The van der Waals surface area contributed by atoms with Crippen LogP contribution in [-0.2, 0) is 11.3 Å². The van der Waals surface area contributed by atoms with Crippen molar-refractivity contribution in [3.05, 3.63) is 41.9 Å². The summed E-state index contributed by atoms with van der Waals surface area (Å²) in [5, 5.41) is 12.9. The summed E-state index contributed by atoms with van der Waals surface area (Å²) in [6.07, 6.45) is 6.29. The van der Waals surface area contributed by atoms with Crippen LogP contribution in [0.5, 0.6) is 0 Å². The second-order valence-corrected chi connectivity index (χ2v) is 7.29. The fourth-order valence-corrected chi connectivity index (χ4v) is 3.39. The maximum atomic E-state index is 11.8. The Morgan fingerprint density at radius 1 is 1.27 bits per heavy atom. The fourth-order valence-electron chi connectivity index (χ4n) is 2.47. The zero-order valence-electron chi connectivity index (χ0n) is 15.1. The van der Waals surface area contributed by atoms with E-state index < -0.39 is 0 Å². The SMILES string of the molecule is C=CCNC(=O)CSc1nnc(-c2ccc(Cl)cc2)n1CCCCCC. The highest BCUT2D eigenvalue weighted by atomic mass is 35.5. The molecule has 0 fully saturated rings. The Bertz CT molecular complexity index is 715. The van der Waals surface area contributed by atoms with Crippen molar-refractivity contribution in [3.8, 4) is 11.4 Å². The Morgan fingerprint density at radius 2 is 2.04 bits per heavy atom. The molecule has 0 aliphatic heterocycles. The predicted octanol–water partition coefficient (Wildman–Crippen LogP) is 4.57. The first-order chi connectivity index (χ1) is 12.7. The predicted molar refractivity (Wildman–Crippen MR) is 109 cm³/mol. The average Bonchev–Trinajstić information content (AvgIpc) is 3.05. The lowest BCUT2D eigenvalue weighted by atomic mass is 10.2. The largest absolute Gasteiger partial charge is 0.352 e. The van der Waals surface area contributed by atoms with Gasteiger partial charge in [-0.1, -0.05) is 55.6 Å². The molecule has 0 aliphatic carbocycles. The molecule has 26 heavy (non-hydrogen) atoms. The summed E-state index contributed by atoms with van der Waals surface area (Å²) in [7, 11) is 0. The number of unbranched alkanes of at least 4 members (excludes halogenated alkanes) is 3. The van der Waals surface area contributed by atoms with Crippen LogP contribution in [0.25, 0.3) is 11.4 Å². The summed E-state index contributed by atoms with van der Waals surface area (Å²) in [6, 6.07) is 7.59. The summed E-state index contributed by atoms with van der Waals surface area (Å²) >= 11 is 7.40. The molecule has 7 heteroatoms. The minimum Gasteiger partial charge on any atom is -0.352 e. The summed E-state index contributed by atoms with van der Waals surface area (Å²) in [4.78, 5) is 11.8. The molecule has 0 spiro atoms. The summed E-state index contributed by atoms with van der Waals surface area (Å²) in [5.74, 6) is 1.08. The van der Waals surface area contributed by atoms with E-state index in [-0.39, 0.29) is 5.91 Å². The van der Waals surface area contributed by atoms with Gasteiger partial charge in [0.15, 0.2) is 11.0 Å². The first-order valence-corrected chi connectivity index (χ1v) is 10.2. The van der Waals surface area contributed by atoms with Crippen molar-refractivity contribution in [2.24, 2.45) is 0 Å². The van der Waals surface area contributed by atoms with Crippen molar-refractivity contribution < 1.29 is 4.79 Å². The number of nitrogens with zero attached hydrogens (tertiary/aromatic N) is 3. The van der Waals surface area contributed by atoms with Gasteiger partial charge in [0.1, 0.15) is 0 Å². The standard InChI is InChI=1S/C19H25ClN4OS/c1-3-5-6-7-13-24-18(15-8-10-16(20)11-9-15)22-23-19(24)26-14-17(25)21-12-4-2/h4,8-11H,2-3,5-7,12-14H2,1H3,(H,21,25). The summed E-state index contributed by atoms with van der Waals surface area (Å²) in [5.41, 5.74) is 0.973. The molecule has 1 aromatic carbocycles. The molecule has 5 nitrogen and oxygen atoms in total. The number of carbonyl (C=O) groups excluding carboxylic acids is 1. The molecule has 0 aliphatic rings. The van der Waals surface area contributed by atoms with Crippen LogP contribution >= 0.6 is 23.4 Å². The second-order valence-electron chi connectivity index (χ2n) is 5.91. The number of benzene rings is 1. The molecule has 2 rings (SSSR count). The third kappa shape index (κ3) is 6.18. The molecular weight excluding hydrogens is 368 g/mol. The van der Waals surface area contributed by atoms with Gasteiger partial charge in [-0.2, -0.15) is 0 Å². The van der Waals surface area contributed by atoms with Crippen LogP contribution in [0.3, 0.4) is 0 Å². The Hall–Kier alpha value is -1.79. The van der Waals surface area contributed by atoms with Crippen molar-refractivity contribution >= 4 is 29.3 Å². The van der Waals surface area contributed by atoms with Gasteiger partial charge in [0, 0.05) is 23.7 Å². The summed E-state index contributed by atoms with van der Waals surface area (Å²) < 4.78 is 2.10. The van der Waals surface area contributed by atoms with E-state index in [4.69, 9.17) is 11.6 Å². The van der Waals surface area contributed by atoms with Gasteiger partial charge in [0.2, 0.25) is 5.91 Å². The van der Waals surface area contributed by atoms with Crippen LogP contribution in [0.1, 0.15) is 32.6 Å². The highest BCUT2D eigenvalue weighted by Crippen LogP contribution is 2.25. The van der Waals surface area contributed by atoms with Crippen molar-refractivity contribution in [3.63, 3.8) is 0 Å². The lowest BCUT2D eigenvalue weighted by molar-refractivity contribution is -0.118. The maximum Gasteiger partial charge on any atom is 0.230 e. The zero-order chi connectivity index (χ0) is 18.8. The van der Waals surface area contributed by atoms with E-state index in [1.807, 2.05) is 24.3 Å². The van der Waals surface area contributed by atoms with Crippen LogP contribution < -0.4 is 5.32 Å². The molecule has 0 saturated heterocycles. The molecule has 1 aromatic heterocycles. The second kappa shape index (κ2) is 11.0. The van der Waals surface area contributed by atoms with Crippen molar-refractivity contribution in [2.75, 3.05) is 12.3 Å². The van der Waals surface area contributed by atoms with Gasteiger partial charge in [-0.05, 0) is 30.7 Å². The van der Waals surface area contributed by atoms with Gasteiger partial charge >= 0.3 is 0 Å². The van der Waals surface area contributed by atoms with Crippen molar-refractivity contribution in [1.82, 2.24) is 20.1 Å². The Balaban J connectivity index is 2.14. The molecule has 0 unspecified atom stereocenters. The quantitative estimate of drug-likeness (QED) is 0.345. The number of nitrogens with one attached hydrogen (secondary N) is 1. The van der Waals surface area contributed by atoms with Crippen molar-refractivity contribution in [1.29, 1.82) is 0 Å². The molecule has 2 aromatic rings. The fraction of sp³-hybridized carbons (Fsp3) is 0.421. The molecule has 1 amide bonds. The number of rotatable bonds is 11. The van der Waals surface area contributed by atoms with Crippen LogP contribution in [0.4, 0.5) is 0 Å². The topological polar surface area (TPSA) is 59.8 Å². The number of thioether (sulfide) groups is 1. The molecule has 0 saturated carbocycles. The number of carbonyl (C=O) groups is 1. The van der Waals surface area contributed by atoms with Gasteiger partial charge < -0.3 is 9.88 Å². The smallest absolute Gasteiger partial charge is 0.230 e. The van der Waals surface area contributed by atoms with Gasteiger partial charge in [0.05, 0.1) is 5.75 Å². The maximum absolute atomic E-state index is 11.8. The molecule has 0 atom stereocenters. The van der Waals surface area contributed by atoms with Crippen LogP contribution in [0.2, 0.25) is 5.02 Å². The molecule has 0 radical (unpaired) electrons. The van der Waals surface area contributed by atoms with E-state index in [1.165, 1.54) is 31.0 Å². The monoisotopic (exact) mass is 392 g/mol. The van der Waals surface area contributed by atoms with Crippen LogP contribution in [-0.4, -0.2) is 33.0 Å². The number of hydrogen-bond acceptors (Lipinski definition) is 4. The average molecular weight is 393 g/mol. The minimum absolute atomic E-state index is 0.0384. The highest BCUT2D eigenvalue weighted by molar-refractivity contribution is 7.99. The lowest BCUT2D eigenvalue weighted by Crippen LogP contribution is -2.25. The first-order valence-electron chi connectivity index (χ1n) is 8.85.